The summed E-state index contributed by atoms with van der Waals surface area (Å²) < 4.78 is 15.7. The molecule has 3 N–H and O–H groups in total. The SMILES string of the molecule is CCOC(=O)c1sc(N)c(C#N)c1COC(=O)CC1Oc2ccccc2NC1=O. The van der Waals surface area contributed by atoms with Crippen molar-refractivity contribution in [3.05, 3.63) is 40.3 Å². The van der Waals surface area contributed by atoms with Gasteiger partial charge in [0.05, 0.1) is 24.3 Å². The highest BCUT2D eigenvalue weighted by atomic mass is 32.1. The monoisotopic (exact) mass is 415 g/mol. The highest BCUT2D eigenvalue weighted by molar-refractivity contribution is 7.18. The lowest BCUT2D eigenvalue weighted by Gasteiger charge is -2.25. The number of esters is 2. The molecule has 0 fully saturated rings. The number of nitrogens with one attached hydrogen (secondary N) is 1. The van der Waals surface area contributed by atoms with Gasteiger partial charge in [0.25, 0.3) is 5.91 Å². The number of nitriles is 1. The average Bonchev–Trinajstić information content (AvgIpc) is 3.02. The largest absolute Gasteiger partial charge is 0.478 e. The minimum Gasteiger partial charge on any atom is -0.478 e. The third kappa shape index (κ3) is 4.30. The van der Waals surface area contributed by atoms with Crippen LogP contribution in [0, 0.1) is 11.3 Å². The number of hydrogen-bond acceptors (Lipinski definition) is 9. The lowest BCUT2D eigenvalue weighted by Crippen LogP contribution is -2.38. The number of hydrogen-bond donors (Lipinski definition) is 2. The molecular formula is C19H17N3O6S. The summed E-state index contributed by atoms with van der Waals surface area (Å²) in [6, 6.07) is 8.75. The molecule has 1 atom stereocenters. The molecule has 10 heteroatoms. The van der Waals surface area contributed by atoms with E-state index in [-0.39, 0.29) is 40.6 Å². The van der Waals surface area contributed by atoms with Crippen LogP contribution in [0.1, 0.15) is 34.1 Å². The number of amides is 1. The van der Waals surface area contributed by atoms with Crippen LogP contribution in [0.25, 0.3) is 0 Å². The number of thiophene rings is 1. The molecule has 0 radical (unpaired) electrons. The summed E-state index contributed by atoms with van der Waals surface area (Å²) in [5.74, 6) is -1.39. The third-order valence-corrected chi connectivity index (χ3v) is 5.08. The van der Waals surface area contributed by atoms with Crippen molar-refractivity contribution in [2.24, 2.45) is 0 Å². The number of anilines is 2. The fourth-order valence-electron chi connectivity index (χ4n) is 2.70. The van der Waals surface area contributed by atoms with Crippen LogP contribution in [-0.4, -0.2) is 30.6 Å². The predicted molar refractivity (Wildman–Crippen MR) is 103 cm³/mol. The van der Waals surface area contributed by atoms with E-state index in [2.05, 4.69) is 5.32 Å². The summed E-state index contributed by atoms with van der Waals surface area (Å²) in [7, 11) is 0. The highest BCUT2D eigenvalue weighted by Crippen LogP contribution is 2.32. The van der Waals surface area contributed by atoms with Crippen molar-refractivity contribution in [2.45, 2.75) is 26.1 Å². The number of rotatable bonds is 6. The molecule has 1 amide bonds. The van der Waals surface area contributed by atoms with E-state index in [1.807, 2.05) is 6.07 Å². The Morgan fingerprint density at radius 1 is 1.34 bits per heavy atom. The van der Waals surface area contributed by atoms with Crippen molar-refractivity contribution in [2.75, 3.05) is 17.7 Å². The number of ether oxygens (including phenoxy) is 3. The van der Waals surface area contributed by atoms with E-state index >= 15 is 0 Å². The van der Waals surface area contributed by atoms with Gasteiger partial charge in [-0.25, -0.2) is 4.79 Å². The molecule has 1 unspecified atom stereocenters. The zero-order valence-electron chi connectivity index (χ0n) is 15.4. The lowest BCUT2D eigenvalue weighted by molar-refractivity contribution is -0.149. The summed E-state index contributed by atoms with van der Waals surface area (Å²) in [5, 5.41) is 12.1. The molecule has 150 valence electrons. The molecule has 29 heavy (non-hydrogen) atoms. The Hall–Kier alpha value is -3.58. The Morgan fingerprint density at radius 3 is 2.83 bits per heavy atom. The minimum absolute atomic E-state index is 0.0615. The van der Waals surface area contributed by atoms with Crippen LogP contribution in [0.4, 0.5) is 10.7 Å². The zero-order chi connectivity index (χ0) is 21.0. The highest BCUT2D eigenvalue weighted by Gasteiger charge is 2.31. The van der Waals surface area contributed by atoms with E-state index in [4.69, 9.17) is 19.9 Å². The van der Waals surface area contributed by atoms with Crippen LogP contribution in [-0.2, 0) is 25.7 Å². The molecule has 1 aromatic carbocycles. The van der Waals surface area contributed by atoms with Crippen LogP contribution in [0.5, 0.6) is 5.75 Å². The number of nitrogens with two attached hydrogens (primary N) is 1. The van der Waals surface area contributed by atoms with Crippen molar-refractivity contribution in [3.8, 4) is 11.8 Å². The van der Waals surface area contributed by atoms with Crippen molar-refractivity contribution in [1.82, 2.24) is 0 Å². The zero-order valence-corrected chi connectivity index (χ0v) is 16.2. The first-order valence-electron chi connectivity index (χ1n) is 8.65. The van der Waals surface area contributed by atoms with Gasteiger partial charge in [0.1, 0.15) is 28.3 Å². The quantitative estimate of drug-likeness (QED) is 0.684. The van der Waals surface area contributed by atoms with Gasteiger partial charge in [0.15, 0.2) is 6.10 Å². The molecular weight excluding hydrogens is 398 g/mol. The maximum atomic E-state index is 12.2. The first kappa shape index (κ1) is 20.2. The average molecular weight is 415 g/mol. The minimum atomic E-state index is -1.05. The summed E-state index contributed by atoms with van der Waals surface area (Å²) in [5.41, 5.74) is 6.55. The Bertz CT molecular complexity index is 1010. The molecule has 3 rings (SSSR count). The van der Waals surface area contributed by atoms with Crippen LogP contribution in [0.3, 0.4) is 0 Å². The van der Waals surface area contributed by atoms with Gasteiger partial charge in [-0.1, -0.05) is 12.1 Å². The number of carbonyl (C=O) groups excluding carboxylic acids is 3. The topological polar surface area (TPSA) is 141 Å². The van der Waals surface area contributed by atoms with Crippen molar-refractivity contribution in [1.29, 1.82) is 5.26 Å². The number of carbonyl (C=O) groups is 3. The number of nitrogen functional groups attached to an aromatic ring is 1. The fourth-order valence-corrected chi connectivity index (χ4v) is 3.61. The second-order valence-corrected chi connectivity index (χ2v) is 6.99. The molecule has 2 heterocycles. The first-order valence-corrected chi connectivity index (χ1v) is 9.46. The predicted octanol–water partition coefficient (Wildman–Crippen LogP) is 2.21. The van der Waals surface area contributed by atoms with Crippen molar-refractivity contribution in [3.63, 3.8) is 0 Å². The van der Waals surface area contributed by atoms with Gasteiger partial charge >= 0.3 is 11.9 Å². The van der Waals surface area contributed by atoms with E-state index in [9.17, 15) is 19.6 Å². The maximum Gasteiger partial charge on any atom is 0.348 e. The summed E-state index contributed by atoms with van der Waals surface area (Å²) >= 11 is 0.894. The van der Waals surface area contributed by atoms with Crippen molar-refractivity contribution < 1.29 is 28.6 Å². The van der Waals surface area contributed by atoms with E-state index in [0.717, 1.165) is 11.3 Å². The molecule has 1 aromatic heterocycles. The van der Waals surface area contributed by atoms with E-state index in [0.29, 0.717) is 11.4 Å². The normalized spacial score (nSPS) is 14.8. The Labute approximate surface area is 170 Å². The second-order valence-electron chi connectivity index (χ2n) is 5.94. The van der Waals surface area contributed by atoms with E-state index in [1.54, 1.807) is 31.2 Å². The van der Waals surface area contributed by atoms with Gasteiger partial charge in [-0.15, -0.1) is 11.3 Å². The standard InChI is InChI=1S/C19H17N3O6S/c1-2-26-19(25)16-11(10(8-20)17(21)29-16)9-27-15(23)7-14-18(24)22-12-5-3-4-6-13(12)28-14/h3-6,14H,2,7,9,21H2,1H3,(H,22,24). The molecule has 0 aliphatic carbocycles. The first-order chi connectivity index (χ1) is 13.9. The van der Waals surface area contributed by atoms with Crippen LogP contribution >= 0.6 is 11.3 Å². The Kier molecular flexibility index (Phi) is 5.99. The van der Waals surface area contributed by atoms with Gasteiger partial charge in [-0.2, -0.15) is 5.26 Å². The molecule has 9 nitrogen and oxygen atoms in total. The van der Waals surface area contributed by atoms with Crippen LogP contribution < -0.4 is 15.8 Å². The third-order valence-electron chi connectivity index (χ3n) is 4.04. The van der Waals surface area contributed by atoms with E-state index < -0.39 is 23.9 Å². The maximum absolute atomic E-state index is 12.2. The number of nitrogens with zero attached hydrogens (tertiary/aromatic N) is 1. The molecule has 2 aromatic rings. The van der Waals surface area contributed by atoms with Gasteiger partial charge in [0.2, 0.25) is 0 Å². The summed E-state index contributed by atoms with van der Waals surface area (Å²) in [4.78, 5) is 36.6. The van der Waals surface area contributed by atoms with E-state index in [1.165, 1.54) is 0 Å². The Balaban J connectivity index is 1.68. The smallest absolute Gasteiger partial charge is 0.348 e. The number of fused-ring (bicyclic) bond motifs is 1. The molecule has 1 aliphatic rings. The fraction of sp³-hybridized carbons (Fsp3) is 0.263. The second kappa shape index (κ2) is 8.62. The van der Waals surface area contributed by atoms with Crippen LogP contribution in [0.15, 0.2) is 24.3 Å². The summed E-state index contributed by atoms with van der Waals surface area (Å²) in [6.07, 6.45) is -1.39. The molecule has 1 aliphatic heterocycles. The summed E-state index contributed by atoms with van der Waals surface area (Å²) in [6.45, 7) is 1.44. The lowest BCUT2D eigenvalue weighted by atomic mass is 10.1. The Morgan fingerprint density at radius 2 is 2.10 bits per heavy atom. The molecule has 0 spiro atoms. The van der Waals surface area contributed by atoms with Crippen molar-refractivity contribution >= 4 is 39.9 Å². The van der Waals surface area contributed by atoms with Gasteiger partial charge in [-0.05, 0) is 19.1 Å². The number of para-hydroxylation sites is 2. The van der Waals surface area contributed by atoms with Gasteiger partial charge in [0, 0.05) is 5.56 Å². The molecule has 0 bridgehead atoms. The van der Waals surface area contributed by atoms with Gasteiger partial charge in [-0.3, -0.25) is 9.59 Å². The molecule has 0 saturated heterocycles. The number of benzene rings is 1. The van der Waals surface area contributed by atoms with Crippen LogP contribution in [0.2, 0.25) is 0 Å². The van der Waals surface area contributed by atoms with Gasteiger partial charge < -0.3 is 25.3 Å². The molecule has 0 saturated carbocycles.